The zero-order valence-electron chi connectivity index (χ0n) is 16.1. The van der Waals surface area contributed by atoms with E-state index in [-0.39, 0.29) is 34.5 Å². The average Bonchev–Trinajstić information content (AvgIpc) is 3.46. The van der Waals surface area contributed by atoms with Crippen molar-refractivity contribution in [2.45, 2.75) is 12.5 Å². The number of amides is 1. The molecule has 1 unspecified atom stereocenters. The van der Waals surface area contributed by atoms with Crippen molar-refractivity contribution in [3.8, 4) is 11.5 Å². The number of carbonyl (C=O) groups is 2. The quantitative estimate of drug-likeness (QED) is 0.619. The monoisotopic (exact) mass is 429 g/mol. The van der Waals surface area contributed by atoms with Crippen molar-refractivity contribution < 1.29 is 27.2 Å². The van der Waals surface area contributed by atoms with E-state index in [1.54, 1.807) is 36.4 Å². The number of sulfone groups is 1. The number of benzene rings is 1. The summed E-state index contributed by atoms with van der Waals surface area (Å²) in [6, 6.07) is 11.0. The summed E-state index contributed by atoms with van der Waals surface area (Å²) in [4.78, 5) is 24.8. The molecule has 1 saturated heterocycles. The number of nitrogens with zero attached hydrogens (tertiary/aromatic N) is 2. The van der Waals surface area contributed by atoms with Crippen LogP contribution < -0.4 is 5.32 Å². The van der Waals surface area contributed by atoms with Gasteiger partial charge in [-0.1, -0.05) is 12.1 Å². The lowest BCUT2D eigenvalue weighted by molar-refractivity contribution is 0.0602. The number of anilines is 1. The number of hydrogen-bond acceptors (Lipinski definition) is 7. The van der Waals surface area contributed by atoms with E-state index in [0.717, 1.165) is 0 Å². The first-order chi connectivity index (χ1) is 14.4. The Bertz CT molecular complexity index is 1200. The van der Waals surface area contributed by atoms with Gasteiger partial charge in [0.25, 0.3) is 5.91 Å². The van der Waals surface area contributed by atoms with E-state index in [9.17, 15) is 18.0 Å². The van der Waals surface area contributed by atoms with E-state index in [1.807, 2.05) is 0 Å². The number of methoxy groups -OCH3 is 1. The second-order valence-electron chi connectivity index (χ2n) is 6.88. The second-order valence-corrected chi connectivity index (χ2v) is 9.11. The summed E-state index contributed by atoms with van der Waals surface area (Å²) in [6.07, 6.45) is 1.90. The minimum absolute atomic E-state index is 0.0470. The molecule has 0 saturated carbocycles. The van der Waals surface area contributed by atoms with Gasteiger partial charge in [-0.05, 0) is 30.7 Å². The molecule has 2 aromatic heterocycles. The van der Waals surface area contributed by atoms with Crippen molar-refractivity contribution in [2.24, 2.45) is 0 Å². The van der Waals surface area contributed by atoms with Crippen LogP contribution in [0, 0.1) is 0 Å². The second kappa shape index (κ2) is 7.79. The van der Waals surface area contributed by atoms with Crippen LogP contribution in [0.25, 0.3) is 11.5 Å². The first kappa shape index (κ1) is 19.9. The summed E-state index contributed by atoms with van der Waals surface area (Å²) >= 11 is 0. The highest BCUT2D eigenvalue weighted by Crippen LogP contribution is 2.30. The number of rotatable bonds is 5. The maximum absolute atomic E-state index is 12.9. The van der Waals surface area contributed by atoms with Gasteiger partial charge in [-0.25, -0.2) is 13.2 Å². The van der Waals surface area contributed by atoms with Gasteiger partial charge in [0.05, 0.1) is 42.2 Å². The number of carbonyl (C=O) groups excluding carboxylic acids is 2. The Labute approximate surface area is 172 Å². The standard InChI is InChI=1S/C20H19N3O6S/c1-28-20(25)14-5-2-3-6-15(14)21-19(24)16-11-17(18-7-4-9-29-18)23(22-16)13-8-10-30(26,27)12-13/h2-7,9,11,13H,8,10,12H2,1H3,(H,21,24). The van der Waals surface area contributed by atoms with Crippen LogP contribution in [0.3, 0.4) is 0 Å². The molecular formula is C20H19N3O6S. The molecular weight excluding hydrogens is 410 g/mol. The van der Waals surface area contributed by atoms with Gasteiger partial charge in [0.1, 0.15) is 5.69 Å². The van der Waals surface area contributed by atoms with Crippen LogP contribution in [-0.2, 0) is 14.6 Å². The van der Waals surface area contributed by atoms with E-state index in [0.29, 0.717) is 17.9 Å². The van der Waals surface area contributed by atoms with E-state index in [4.69, 9.17) is 9.15 Å². The molecule has 9 nitrogen and oxygen atoms in total. The van der Waals surface area contributed by atoms with Crippen LogP contribution in [0.4, 0.5) is 5.69 Å². The first-order valence-corrected chi connectivity index (χ1v) is 11.0. The Morgan fingerprint density at radius 1 is 1.23 bits per heavy atom. The SMILES string of the molecule is COC(=O)c1ccccc1NC(=O)c1cc(-c2ccco2)n(C2CCS(=O)(=O)C2)n1. The van der Waals surface area contributed by atoms with Gasteiger partial charge in [-0.15, -0.1) is 0 Å². The van der Waals surface area contributed by atoms with Crippen molar-refractivity contribution in [3.05, 3.63) is 60.0 Å². The fourth-order valence-electron chi connectivity index (χ4n) is 3.43. The molecule has 1 N–H and O–H groups in total. The molecule has 1 aliphatic heterocycles. The average molecular weight is 429 g/mol. The molecule has 1 aliphatic rings. The summed E-state index contributed by atoms with van der Waals surface area (Å²) in [5.74, 6) is -0.624. The third-order valence-corrected chi connectivity index (χ3v) is 6.63. The smallest absolute Gasteiger partial charge is 0.339 e. The van der Waals surface area contributed by atoms with Crippen molar-refractivity contribution in [2.75, 3.05) is 23.9 Å². The largest absolute Gasteiger partial charge is 0.465 e. The Kier molecular flexibility index (Phi) is 5.17. The molecule has 0 radical (unpaired) electrons. The molecule has 10 heteroatoms. The van der Waals surface area contributed by atoms with Crippen LogP contribution >= 0.6 is 0 Å². The summed E-state index contributed by atoms with van der Waals surface area (Å²) in [5, 5.41) is 7.04. The number of furan rings is 1. The highest BCUT2D eigenvalue weighted by Gasteiger charge is 2.32. The van der Waals surface area contributed by atoms with Crippen molar-refractivity contribution in [1.29, 1.82) is 0 Å². The van der Waals surface area contributed by atoms with Gasteiger partial charge in [0.15, 0.2) is 21.3 Å². The predicted octanol–water partition coefficient (Wildman–Crippen LogP) is 2.54. The highest BCUT2D eigenvalue weighted by atomic mass is 32.2. The first-order valence-electron chi connectivity index (χ1n) is 9.20. The van der Waals surface area contributed by atoms with Gasteiger partial charge in [0, 0.05) is 6.07 Å². The zero-order chi connectivity index (χ0) is 21.3. The minimum atomic E-state index is -3.15. The Morgan fingerprint density at radius 3 is 2.70 bits per heavy atom. The lowest BCUT2D eigenvalue weighted by Crippen LogP contribution is -2.18. The maximum Gasteiger partial charge on any atom is 0.339 e. The zero-order valence-corrected chi connectivity index (χ0v) is 16.9. The van der Waals surface area contributed by atoms with E-state index in [2.05, 4.69) is 10.4 Å². The van der Waals surface area contributed by atoms with Crippen LogP contribution in [-0.4, -0.2) is 48.7 Å². The summed E-state index contributed by atoms with van der Waals surface area (Å²) in [6.45, 7) is 0. The van der Waals surface area contributed by atoms with Gasteiger partial charge in [-0.3, -0.25) is 9.48 Å². The molecule has 1 atom stereocenters. The number of ether oxygens (including phenoxy) is 1. The third kappa shape index (κ3) is 3.86. The Morgan fingerprint density at radius 2 is 2.03 bits per heavy atom. The normalized spacial score (nSPS) is 17.6. The number of nitrogens with one attached hydrogen (secondary N) is 1. The summed E-state index contributed by atoms with van der Waals surface area (Å²) in [5.41, 5.74) is 1.08. The number of esters is 1. The molecule has 30 heavy (non-hydrogen) atoms. The van der Waals surface area contributed by atoms with Gasteiger partial charge in [-0.2, -0.15) is 5.10 Å². The van der Waals surface area contributed by atoms with Crippen LogP contribution in [0.1, 0.15) is 33.3 Å². The third-order valence-electron chi connectivity index (χ3n) is 4.88. The van der Waals surface area contributed by atoms with Crippen LogP contribution in [0.2, 0.25) is 0 Å². The molecule has 0 spiro atoms. The number of hydrogen-bond donors (Lipinski definition) is 1. The molecule has 0 bridgehead atoms. The Balaban J connectivity index is 1.68. The molecule has 156 valence electrons. The highest BCUT2D eigenvalue weighted by molar-refractivity contribution is 7.91. The summed E-state index contributed by atoms with van der Waals surface area (Å²) in [7, 11) is -1.89. The van der Waals surface area contributed by atoms with Crippen LogP contribution in [0.15, 0.2) is 53.1 Å². The molecule has 1 amide bonds. The lowest BCUT2D eigenvalue weighted by Gasteiger charge is -2.11. The molecule has 3 aromatic rings. The number of aromatic nitrogens is 2. The lowest BCUT2D eigenvalue weighted by atomic mass is 10.1. The fourth-order valence-corrected chi connectivity index (χ4v) is 5.12. The topological polar surface area (TPSA) is 120 Å². The van der Waals surface area contributed by atoms with E-state index >= 15 is 0 Å². The van der Waals surface area contributed by atoms with Gasteiger partial charge in [0.2, 0.25) is 0 Å². The fraction of sp³-hybridized carbons (Fsp3) is 0.250. The molecule has 3 heterocycles. The van der Waals surface area contributed by atoms with Gasteiger partial charge < -0.3 is 14.5 Å². The predicted molar refractivity (Wildman–Crippen MR) is 108 cm³/mol. The van der Waals surface area contributed by atoms with Crippen molar-refractivity contribution in [3.63, 3.8) is 0 Å². The van der Waals surface area contributed by atoms with Crippen molar-refractivity contribution in [1.82, 2.24) is 9.78 Å². The van der Waals surface area contributed by atoms with E-state index in [1.165, 1.54) is 24.1 Å². The number of para-hydroxylation sites is 1. The molecule has 0 aliphatic carbocycles. The minimum Gasteiger partial charge on any atom is -0.465 e. The van der Waals surface area contributed by atoms with Gasteiger partial charge >= 0.3 is 5.97 Å². The molecule has 1 fully saturated rings. The molecule has 4 rings (SSSR count). The maximum atomic E-state index is 12.9. The van der Waals surface area contributed by atoms with Crippen molar-refractivity contribution >= 4 is 27.4 Å². The molecule has 1 aromatic carbocycles. The summed E-state index contributed by atoms with van der Waals surface area (Å²) < 4.78 is 35.6. The van der Waals surface area contributed by atoms with Crippen LogP contribution in [0.5, 0.6) is 0 Å². The Hall–Kier alpha value is -3.40. The van der Waals surface area contributed by atoms with E-state index < -0.39 is 21.7 Å².